The molecule has 2 N–H and O–H groups in total. The maximum absolute atomic E-state index is 11.9. The van der Waals surface area contributed by atoms with Crippen LogP contribution in [0.3, 0.4) is 0 Å². The monoisotopic (exact) mass is 331 g/mol. The first-order valence-corrected chi connectivity index (χ1v) is 8.27. The minimum Gasteiger partial charge on any atom is -0.382 e. The summed E-state index contributed by atoms with van der Waals surface area (Å²) >= 11 is 0. The van der Waals surface area contributed by atoms with Crippen LogP contribution in [0.2, 0.25) is 0 Å². The molecule has 0 fully saturated rings. The summed E-state index contributed by atoms with van der Waals surface area (Å²) in [5, 5.41) is 2.98. The van der Waals surface area contributed by atoms with Crippen LogP contribution in [0.5, 0.6) is 0 Å². The highest BCUT2D eigenvalue weighted by Crippen LogP contribution is 2.16. The lowest BCUT2D eigenvalue weighted by molar-refractivity contribution is -0.122. The van der Waals surface area contributed by atoms with Gasteiger partial charge in [-0.05, 0) is 44.9 Å². The van der Waals surface area contributed by atoms with Crippen LogP contribution in [0, 0.1) is 6.92 Å². The number of H-pyrrole nitrogens is 1. The van der Waals surface area contributed by atoms with Gasteiger partial charge in [0, 0.05) is 31.5 Å². The Labute approximate surface area is 141 Å². The van der Waals surface area contributed by atoms with Gasteiger partial charge in [0.15, 0.2) is 0 Å². The fraction of sp³-hybridized carbons (Fsp3) is 0.444. The fourth-order valence-electron chi connectivity index (χ4n) is 2.56. The molecule has 6 heteroatoms. The lowest BCUT2D eigenvalue weighted by atomic mass is 10.1. The van der Waals surface area contributed by atoms with Crippen LogP contribution in [0.25, 0.3) is 5.69 Å². The van der Waals surface area contributed by atoms with Gasteiger partial charge < -0.3 is 15.0 Å². The predicted molar refractivity (Wildman–Crippen MR) is 93.4 cm³/mol. The fourth-order valence-corrected chi connectivity index (χ4v) is 2.56. The van der Waals surface area contributed by atoms with Crippen LogP contribution in [-0.4, -0.2) is 28.7 Å². The molecule has 2 rings (SSSR count). The lowest BCUT2D eigenvalue weighted by Crippen LogP contribution is -2.26. The Hall–Kier alpha value is -2.34. The summed E-state index contributed by atoms with van der Waals surface area (Å²) in [6.45, 7) is 7.04. The standard InChI is InChI=1S/C18H25N3O3/c1-4-24-11-5-6-17(22)20-14(3)15-7-9-16(10-8-15)21-13(2)12-19-18(21)23/h7-10,12,14H,4-6,11H2,1-3H3,(H,19,23)(H,20,22)/t14-/m1/s1. The normalized spacial score (nSPS) is 12.1. The van der Waals surface area contributed by atoms with Crippen LogP contribution in [0.15, 0.2) is 35.3 Å². The van der Waals surface area contributed by atoms with Crippen molar-refractivity contribution in [2.24, 2.45) is 0 Å². The predicted octanol–water partition coefficient (Wildman–Crippen LogP) is 2.47. The third kappa shape index (κ3) is 4.58. The molecule has 0 aliphatic carbocycles. The smallest absolute Gasteiger partial charge is 0.330 e. The SMILES string of the molecule is CCOCCCC(=O)N[C@H](C)c1ccc(-n2c(C)c[nH]c2=O)cc1. The number of aryl methyl sites for hydroxylation is 1. The van der Waals surface area contributed by atoms with Gasteiger partial charge in [-0.25, -0.2) is 4.79 Å². The zero-order chi connectivity index (χ0) is 17.5. The molecule has 6 nitrogen and oxygen atoms in total. The number of benzene rings is 1. The average Bonchev–Trinajstić information content (AvgIpc) is 2.90. The van der Waals surface area contributed by atoms with Gasteiger partial charge in [0.05, 0.1) is 11.7 Å². The zero-order valence-corrected chi connectivity index (χ0v) is 14.5. The molecule has 1 amide bonds. The van der Waals surface area contributed by atoms with E-state index < -0.39 is 0 Å². The highest BCUT2D eigenvalue weighted by atomic mass is 16.5. The molecule has 0 saturated heterocycles. The number of rotatable bonds is 8. The highest BCUT2D eigenvalue weighted by molar-refractivity contribution is 5.76. The van der Waals surface area contributed by atoms with Crippen molar-refractivity contribution in [2.45, 2.75) is 39.7 Å². The van der Waals surface area contributed by atoms with E-state index in [0.29, 0.717) is 19.6 Å². The minimum absolute atomic E-state index is 0.0176. The Kier molecular flexibility index (Phi) is 6.37. The van der Waals surface area contributed by atoms with E-state index >= 15 is 0 Å². The number of hydrogen-bond donors (Lipinski definition) is 2. The second kappa shape index (κ2) is 8.49. The van der Waals surface area contributed by atoms with Crippen molar-refractivity contribution >= 4 is 5.91 Å². The van der Waals surface area contributed by atoms with Crippen LogP contribution in [-0.2, 0) is 9.53 Å². The summed E-state index contributed by atoms with van der Waals surface area (Å²) in [4.78, 5) is 26.4. The Balaban J connectivity index is 1.95. The van der Waals surface area contributed by atoms with Gasteiger partial charge in [0.1, 0.15) is 0 Å². The molecule has 130 valence electrons. The largest absolute Gasteiger partial charge is 0.382 e. The molecule has 0 bridgehead atoms. The Morgan fingerprint density at radius 3 is 2.62 bits per heavy atom. The van der Waals surface area contributed by atoms with Crippen LogP contribution in [0.1, 0.15) is 44.0 Å². The van der Waals surface area contributed by atoms with Crippen molar-refractivity contribution in [1.29, 1.82) is 0 Å². The van der Waals surface area contributed by atoms with Crippen molar-refractivity contribution in [3.63, 3.8) is 0 Å². The number of carbonyl (C=O) groups excluding carboxylic acids is 1. The summed E-state index contributed by atoms with van der Waals surface area (Å²) in [5.74, 6) is 0.0176. The van der Waals surface area contributed by atoms with E-state index in [9.17, 15) is 9.59 Å². The number of aromatic amines is 1. The molecule has 1 aromatic heterocycles. The molecule has 24 heavy (non-hydrogen) atoms. The van der Waals surface area contributed by atoms with Crippen LogP contribution in [0.4, 0.5) is 0 Å². The van der Waals surface area contributed by atoms with E-state index in [1.807, 2.05) is 45.0 Å². The molecule has 0 aliphatic heterocycles. The van der Waals surface area contributed by atoms with E-state index in [2.05, 4.69) is 10.3 Å². The topological polar surface area (TPSA) is 76.1 Å². The molecule has 0 unspecified atom stereocenters. The molecule has 1 aromatic carbocycles. The van der Waals surface area contributed by atoms with Gasteiger partial charge >= 0.3 is 5.69 Å². The van der Waals surface area contributed by atoms with Crippen molar-refractivity contribution in [3.05, 3.63) is 52.2 Å². The average molecular weight is 331 g/mol. The summed E-state index contributed by atoms with van der Waals surface area (Å²) in [7, 11) is 0. The number of aromatic nitrogens is 2. The molecular formula is C18H25N3O3. The first-order chi connectivity index (χ1) is 11.5. The van der Waals surface area contributed by atoms with E-state index in [0.717, 1.165) is 23.4 Å². The summed E-state index contributed by atoms with van der Waals surface area (Å²) < 4.78 is 6.84. The zero-order valence-electron chi connectivity index (χ0n) is 14.5. The number of hydrogen-bond acceptors (Lipinski definition) is 3. The van der Waals surface area contributed by atoms with Gasteiger partial charge in [-0.15, -0.1) is 0 Å². The van der Waals surface area contributed by atoms with Crippen molar-refractivity contribution < 1.29 is 9.53 Å². The summed E-state index contributed by atoms with van der Waals surface area (Å²) in [6.07, 6.45) is 2.86. The maximum atomic E-state index is 11.9. The summed E-state index contributed by atoms with van der Waals surface area (Å²) in [6, 6.07) is 7.55. The Bertz CT molecular complexity index is 716. The van der Waals surface area contributed by atoms with Gasteiger partial charge in [-0.1, -0.05) is 12.1 Å². The van der Waals surface area contributed by atoms with Crippen molar-refractivity contribution in [3.8, 4) is 5.69 Å². The molecule has 0 saturated carbocycles. The molecule has 1 heterocycles. The third-order valence-electron chi connectivity index (χ3n) is 3.89. The molecular weight excluding hydrogens is 306 g/mol. The van der Waals surface area contributed by atoms with Crippen LogP contribution < -0.4 is 11.0 Å². The van der Waals surface area contributed by atoms with Gasteiger partial charge in [-0.3, -0.25) is 9.36 Å². The minimum atomic E-state index is -0.157. The number of carbonyl (C=O) groups is 1. The first kappa shape index (κ1) is 18.0. The maximum Gasteiger partial charge on any atom is 0.330 e. The highest BCUT2D eigenvalue weighted by Gasteiger charge is 2.10. The second-order valence-electron chi connectivity index (χ2n) is 5.75. The Morgan fingerprint density at radius 2 is 2.04 bits per heavy atom. The quantitative estimate of drug-likeness (QED) is 0.730. The molecule has 2 aromatic rings. The second-order valence-corrected chi connectivity index (χ2v) is 5.75. The summed E-state index contributed by atoms with van der Waals surface area (Å²) in [5.41, 5.74) is 2.50. The number of imidazole rings is 1. The van der Waals surface area contributed by atoms with E-state index in [1.54, 1.807) is 10.8 Å². The van der Waals surface area contributed by atoms with E-state index in [-0.39, 0.29) is 17.6 Å². The van der Waals surface area contributed by atoms with Gasteiger partial charge in [-0.2, -0.15) is 0 Å². The van der Waals surface area contributed by atoms with Crippen molar-refractivity contribution in [2.75, 3.05) is 13.2 Å². The molecule has 0 aliphatic rings. The first-order valence-electron chi connectivity index (χ1n) is 8.27. The van der Waals surface area contributed by atoms with Gasteiger partial charge in [0.25, 0.3) is 0 Å². The van der Waals surface area contributed by atoms with E-state index in [4.69, 9.17) is 4.74 Å². The lowest BCUT2D eigenvalue weighted by Gasteiger charge is -2.15. The Morgan fingerprint density at radius 1 is 1.33 bits per heavy atom. The number of ether oxygens (including phenoxy) is 1. The van der Waals surface area contributed by atoms with Gasteiger partial charge in [0.2, 0.25) is 5.91 Å². The molecule has 0 spiro atoms. The number of nitrogens with zero attached hydrogens (tertiary/aromatic N) is 1. The number of amides is 1. The third-order valence-corrected chi connectivity index (χ3v) is 3.89. The van der Waals surface area contributed by atoms with Crippen LogP contribution >= 0.6 is 0 Å². The molecule has 0 radical (unpaired) electrons. The number of nitrogens with one attached hydrogen (secondary N) is 2. The van der Waals surface area contributed by atoms with Crippen molar-refractivity contribution in [1.82, 2.24) is 14.9 Å². The molecule has 1 atom stereocenters. The van der Waals surface area contributed by atoms with E-state index in [1.165, 1.54) is 0 Å².